The van der Waals surface area contributed by atoms with Gasteiger partial charge < -0.3 is 4.74 Å². The van der Waals surface area contributed by atoms with Crippen LogP contribution in [-0.4, -0.2) is 12.1 Å². The molecular weight excluding hydrogens is 299 g/mol. The monoisotopic (exact) mass is 305 g/mol. The molecule has 17 heavy (non-hydrogen) atoms. The Labute approximate surface area is 104 Å². The molecule has 0 atom stereocenters. The molecule has 0 radical (unpaired) electrons. The van der Waals surface area contributed by atoms with Crippen LogP contribution in [0.1, 0.15) is 5.69 Å². The number of hydrogen-bond donors (Lipinski definition) is 0. The van der Waals surface area contributed by atoms with Crippen molar-refractivity contribution in [2.75, 3.05) is 7.11 Å². The Morgan fingerprint density at radius 3 is 2.53 bits per heavy atom. The van der Waals surface area contributed by atoms with Crippen LogP contribution >= 0.6 is 15.9 Å². The second-order valence-electron chi connectivity index (χ2n) is 3.37. The van der Waals surface area contributed by atoms with Gasteiger partial charge in [-0.25, -0.2) is 4.98 Å². The average molecular weight is 306 g/mol. The Morgan fingerprint density at radius 1 is 1.24 bits per heavy atom. The number of benzene rings is 1. The minimum atomic E-state index is -4.46. The summed E-state index contributed by atoms with van der Waals surface area (Å²) in [6.45, 7) is 0. The van der Waals surface area contributed by atoms with Crippen molar-refractivity contribution in [1.82, 2.24) is 4.98 Å². The maximum Gasteiger partial charge on any atom is 0.433 e. The normalized spacial score (nSPS) is 11.8. The van der Waals surface area contributed by atoms with Crippen LogP contribution in [0.3, 0.4) is 0 Å². The molecule has 1 aromatic carbocycles. The van der Waals surface area contributed by atoms with Crippen LogP contribution in [0, 0.1) is 0 Å². The van der Waals surface area contributed by atoms with Gasteiger partial charge in [0.1, 0.15) is 11.4 Å². The number of pyridine rings is 1. The molecule has 0 unspecified atom stereocenters. The summed E-state index contributed by atoms with van der Waals surface area (Å²) in [5.41, 5.74) is -0.684. The summed E-state index contributed by atoms with van der Waals surface area (Å²) in [6, 6.07) is 5.76. The van der Waals surface area contributed by atoms with Crippen LogP contribution in [0.2, 0.25) is 0 Å². The highest BCUT2D eigenvalue weighted by Crippen LogP contribution is 2.33. The van der Waals surface area contributed by atoms with Crippen molar-refractivity contribution >= 4 is 26.8 Å². The zero-order chi connectivity index (χ0) is 12.6. The van der Waals surface area contributed by atoms with E-state index in [9.17, 15) is 13.2 Å². The van der Waals surface area contributed by atoms with E-state index in [1.807, 2.05) is 0 Å². The van der Waals surface area contributed by atoms with Crippen molar-refractivity contribution in [3.05, 3.63) is 34.4 Å². The first-order valence-electron chi connectivity index (χ1n) is 4.63. The Hall–Kier alpha value is -1.30. The zero-order valence-corrected chi connectivity index (χ0v) is 10.3. The van der Waals surface area contributed by atoms with Gasteiger partial charge in [-0.1, -0.05) is 15.9 Å². The molecular formula is C11H7BrF3NO. The minimum Gasteiger partial charge on any atom is -0.497 e. The number of alkyl halides is 3. The molecule has 2 nitrogen and oxygen atoms in total. The minimum absolute atomic E-state index is 0.242. The topological polar surface area (TPSA) is 22.1 Å². The van der Waals surface area contributed by atoms with Crippen LogP contribution in [0.4, 0.5) is 13.2 Å². The number of fused-ring (bicyclic) bond motifs is 1. The molecule has 2 rings (SSSR count). The third-order valence-corrected chi connectivity index (χ3v) is 2.91. The maximum atomic E-state index is 12.6. The SMILES string of the molecule is COc1ccc2c(Br)cc(C(F)(F)F)nc2c1. The van der Waals surface area contributed by atoms with Crippen LogP contribution in [-0.2, 0) is 6.18 Å². The van der Waals surface area contributed by atoms with Gasteiger partial charge in [0, 0.05) is 15.9 Å². The Bertz CT molecular complexity index is 568. The summed E-state index contributed by atoms with van der Waals surface area (Å²) in [5.74, 6) is 0.469. The van der Waals surface area contributed by atoms with Crippen molar-refractivity contribution < 1.29 is 17.9 Å². The Balaban J connectivity index is 2.70. The number of methoxy groups -OCH3 is 1. The highest BCUT2D eigenvalue weighted by Gasteiger charge is 2.33. The van der Waals surface area contributed by atoms with E-state index in [4.69, 9.17) is 4.74 Å². The lowest BCUT2D eigenvalue weighted by Crippen LogP contribution is -2.08. The standard InChI is InChI=1S/C11H7BrF3NO/c1-17-6-2-3-7-8(12)5-10(11(13,14)15)16-9(7)4-6/h2-5H,1H3. The van der Waals surface area contributed by atoms with Gasteiger partial charge in [0.2, 0.25) is 0 Å². The Kier molecular flexibility index (Phi) is 2.99. The molecule has 1 aromatic heterocycles. The van der Waals surface area contributed by atoms with E-state index in [-0.39, 0.29) is 5.52 Å². The summed E-state index contributed by atoms with van der Waals surface area (Å²) in [5, 5.41) is 0.610. The van der Waals surface area contributed by atoms with E-state index in [1.54, 1.807) is 12.1 Å². The second kappa shape index (κ2) is 4.18. The van der Waals surface area contributed by atoms with Crippen LogP contribution in [0.5, 0.6) is 5.75 Å². The molecule has 0 saturated heterocycles. The van der Waals surface area contributed by atoms with Crippen LogP contribution in [0.15, 0.2) is 28.7 Å². The molecule has 0 saturated carbocycles. The lowest BCUT2D eigenvalue weighted by atomic mass is 10.2. The van der Waals surface area contributed by atoms with E-state index in [1.165, 1.54) is 13.2 Å². The highest BCUT2D eigenvalue weighted by molar-refractivity contribution is 9.10. The predicted octanol–water partition coefficient (Wildman–Crippen LogP) is 4.02. The molecule has 1 heterocycles. The van der Waals surface area contributed by atoms with E-state index in [0.717, 1.165) is 6.07 Å². The average Bonchev–Trinajstić information content (AvgIpc) is 2.27. The number of aromatic nitrogens is 1. The summed E-state index contributed by atoms with van der Waals surface area (Å²) < 4.78 is 43.0. The number of ether oxygens (including phenoxy) is 1. The molecule has 0 amide bonds. The number of rotatable bonds is 1. The fourth-order valence-electron chi connectivity index (χ4n) is 1.44. The number of nitrogens with zero attached hydrogens (tertiary/aromatic N) is 1. The molecule has 0 aliphatic rings. The second-order valence-corrected chi connectivity index (χ2v) is 4.22. The molecule has 0 spiro atoms. The first-order chi connectivity index (χ1) is 7.91. The third kappa shape index (κ3) is 2.36. The van der Waals surface area contributed by atoms with Crippen molar-refractivity contribution in [2.45, 2.75) is 6.18 Å². The van der Waals surface area contributed by atoms with Crippen molar-refractivity contribution in [3.8, 4) is 5.75 Å². The summed E-state index contributed by atoms with van der Waals surface area (Å²) >= 11 is 3.11. The van der Waals surface area contributed by atoms with Gasteiger partial charge >= 0.3 is 6.18 Å². The van der Waals surface area contributed by atoms with Gasteiger partial charge in [0.25, 0.3) is 0 Å². The van der Waals surface area contributed by atoms with Gasteiger partial charge in [-0.15, -0.1) is 0 Å². The van der Waals surface area contributed by atoms with Gasteiger partial charge in [-0.3, -0.25) is 0 Å². The molecule has 90 valence electrons. The van der Waals surface area contributed by atoms with Crippen molar-refractivity contribution in [2.24, 2.45) is 0 Å². The van der Waals surface area contributed by atoms with E-state index >= 15 is 0 Å². The molecule has 0 fully saturated rings. The van der Waals surface area contributed by atoms with E-state index in [0.29, 0.717) is 15.6 Å². The lowest BCUT2D eigenvalue weighted by Gasteiger charge is -2.09. The summed E-state index contributed by atoms with van der Waals surface area (Å²) in [4.78, 5) is 3.58. The number of hydrogen-bond acceptors (Lipinski definition) is 2. The largest absolute Gasteiger partial charge is 0.497 e. The molecule has 0 aliphatic heterocycles. The number of halogens is 4. The Morgan fingerprint density at radius 2 is 1.94 bits per heavy atom. The van der Waals surface area contributed by atoms with Gasteiger partial charge in [0.05, 0.1) is 12.6 Å². The first-order valence-corrected chi connectivity index (χ1v) is 5.42. The predicted molar refractivity (Wildman–Crippen MR) is 61.0 cm³/mol. The highest BCUT2D eigenvalue weighted by atomic mass is 79.9. The zero-order valence-electron chi connectivity index (χ0n) is 8.68. The maximum absolute atomic E-state index is 12.6. The van der Waals surface area contributed by atoms with Crippen LogP contribution < -0.4 is 4.74 Å². The van der Waals surface area contributed by atoms with Crippen LogP contribution in [0.25, 0.3) is 10.9 Å². The van der Waals surface area contributed by atoms with Gasteiger partial charge in [-0.05, 0) is 18.2 Å². The summed E-state index contributed by atoms with van der Waals surface area (Å²) in [7, 11) is 1.45. The summed E-state index contributed by atoms with van der Waals surface area (Å²) in [6.07, 6.45) is -4.46. The molecule has 0 aliphatic carbocycles. The fraction of sp³-hybridized carbons (Fsp3) is 0.182. The molecule has 6 heteroatoms. The lowest BCUT2D eigenvalue weighted by molar-refractivity contribution is -0.141. The van der Waals surface area contributed by atoms with Crippen molar-refractivity contribution in [1.29, 1.82) is 0 Å². The first kappa shape index (κ1) is 12.2. The van der Waals surface area contributed by atoms with Gasteiger partial charge in [0.15, 0.2) is 0 Å². The quantitative estimate of drug-likeness (QED) is 0.794. The molecule has 2 aromatic rings. The smallest absolute Gasteiger partial charge is 0.433 e. The van der Waals surface area contributed by atoms with E-state index in [2.05, 4.69) is 20.9 Å². The fourth-order valence-corrected chi connectivity index (χ4v) is 1.99. The molecule has 0 bridgehead atoms. The van der Waals surface area contributed by atoms with Crippen molar-refractivity contribution in [3.63, 3.8) is 0 Å². The van der Waals surface area contributed by atoms with Gasteiger partial charge in [-0.2, -0.15) is 13.2 Å². The van der Waals surface area contributed by atoms with E-state index < -0.39 is 11.9 Å². The molecule has 0 N–H and O–H groups in total. The third-order valence-electron chi connectivity index (χ3n) is 2.26.